The first-order chi connectivity index (χ1) is 10.9. The van der Waals surface area contributed by atoms with E-state index in [0.717, 1.165) is 11.4 Å². The molecule has 1 aromatic carbocycles. The lowest BCUT2D eigenvalue weighted by molar-refractivity contribution is -0.118. The van der Waals surface area contributed by atoms with Gasteiger partial charge in [-0.1, -0.05) is 0 Å². The van der Waals surface area contributed by atoms with Gasteiger partial charge in [0.1, 0.15) is 5.75 Å². The van der Waals surface area contributed by atoms with Gasteiger partial charge in [0.15, 0.2) is 6.61 Å². The predicted octanol–water partition coefficient (Wildman–Crippen LogP) is 2.01. The van der Waals surface area contributed by atoms with Crippen LogP contribution in [-0.4, -0.2) is 28.2 Å². The van der Waals surface area contributed by atoms with Crippen molar-refractivity contribution in [1.29, 1.82) is 0 Å². The SMILES string of the molecule is CC(=O)Nc1ccc(OCC(=O)Nc2c(C)nn(C)c2C)cc1. The molecule has 0 aliphatic heterocycles. The monoisotopic (exact) mass is 316 g/mol. The third kappa shape index (κ3) is 4.32. The second-order valence-electron chi connectivity index (χ2n) is 5.21. The summed E-state index contributed by atoms with van der Waals surface area (Å²) in [5.41, 5.74) is 3.03. The van der Waals surface area contributed by atoms with E-state index < -0.39 is 0 Å². The zero-order valence-corrected chi connectivity index (χ0v) is 13.6. The Morgan fingerprint density at radius 2 is 1.83 bits per heavy atom. The molecule has 0 saturated heterocycles. The molecule has 0 spiro atoms. The standard InChI is InChI=1S/C16H20N4O3/c1-10-16(11(2)20(4)19-10)18-15(22)9-23-14-7-5-13(6-8-14)17-12(3)21/h5-8H,9H2,1-4H3,(H,17,21)(H,18,22). The van der Waals surface area contributed by atoms with E-state index in [2.05, 4.69) is 15.7 Å². The number of nitrogens with zero attached hydrogens (tertiary/aromatic N) is 2. The van der Waals surface area contributed by atoms with Crippen LogP contribution in [0.3, 0.4) is 0 Å². The molecule has 0 bridgehead atoms. The number of benzene rings is 1. The number of aryl methyl sites for hydroxylation is 2. The summed E-state index contributed by atoms with van der Waals surface area (Å²) >= 11 is 0. The van der Waals surface area contributed by atoms with E-state index in [1.165, 1.54) is 6.92 Å². The lowest BCUT2D eigenvalue weighted by Crippen LogP contribution is -2.20. The van der Waals surface area contributed by atoms with Gasteiger partial charge >= 0.3 is 0 Å². The third-order valence-corrected chi connectivity index (χ3v) is 3.32. The Labute approximate surface area is 134 Å². The molecule has 23 heavy (non-hydrogen) atoms. The fourth-order valence-electron chi connectivity index (χ4n) is 2.12. The Balaban J connectivity index is 1.90. The van der Waals surface area contributed by atoms with Crippen LogP contribution in [0.1, 0.15) is 18.3 Å². The molecule has 0 aliphatic rings. The molecule has 1 heterocycles. The van der Waals surface area contributed by atoms with Crippen molar-refractivity contribution in [2.75, 3.05) is 17.2 Å². The Hall–Kier alpha value is -2.83. The number of ether oxygens (including phenoxy) is 1. The van der Waals surface area contributed by atoms with Gasteiger partial charge in [0.05, 0.1) is 17.1 Å². The highest BCUT2D eigenvalue weighted by Gasteiger charge is 2.12. The van der Waals surface area contributed by atoms with Gasteiger partial charge in [0.25, 0.3) is 5.91 Å². The summed E-state index contributed by atoms with van der Waals surface area (Å²) < 4.78 is 7.15. The minimum atomic E-state index is -0.255. The zero-order chi connectivity index (χ0) is 17.0. The molecule has 7 nitrogen and oxygen atoms in total. The minimum absolute atomic E-state index is 0.104. The van der Waals surface area contributed by atoms with Crippen molar-refractivity contribution < 1.29 is 14.3 Å². The largest absolute Gasteiger partial charge is 0.484 e. The van der Waals surface area contributed by atoms with Crippen molar-refractivity contribution >= 4 is 23.2 Å². The van der Waals surface area contributed by atoms with Crippen LogP contribution < -0.4 is 15.4 Å². The van der Waals surface area contributed by atoms with E-state index in [1.54, 1.807) is 28.9 Å². The molecule has 1 aromatic heterocycles. The maximum absolute atomic E-state index is 12.0. The van der Waals surface area contributed by atoms with Crippen molar-refractivity contribution in [1.82, 2.24) is 9.78 Å². The quantitative estimate of drug-likeness (QED) is 0.883. The number of anilines is 2. The Morgan fingerprint density at radius 3 is 2.35 bits per heavy atom. The molecule has 2 aromatic rings. The normalized spacial score (nSPS) is 10.3. The number of rotatable bonds is 5. The van der Waals surface area contributed by atoms with Gasteiger partial charge in [0, 0.05) is 19.7 Å². The average Bonchev–Trinajstić information content (AvgIpc) is 2.72. The van der Waals surface area contributed by atoms with Crippen LogP contribution in [0.4, 0.5) is 11.4 Å². The summed E-state index contributed by atoms with van der Waals surface area (Å²) in [6.07, 6.45) is 0. The first-order valence-electron chi connectivity index (χ1n) is 7.17. The Morgan fingerprint density at radius 1 is 1.17 bits per heavy atom. The molecular weight excluding hydrogens is 296 g/mol. The molecule has 2 amide bonds. The number of aromatic nitrogens is 2. The molecular formula is C16H20N4O3. The maximum Gasteiger partial charge on any atom is 0.262 e. The number of amides is 2. The van der Waals surface area contributed by atoms with Crippen molar-refractivity contribution in [2.45, 2.75) is 20.8 Å². The molecule has 0 saturated carbocycles. The van der Waals surface area contributed by atoms with Gasteiger partial charge in [-0.15, -0.1) is 0 Å². The summed E-state index contributed by atoms with van der Waals surface area (Å²) in [5.74, 6) is 0.157. The van der Waals surface area contributed by atoms with Crippen molar-refractivity contribution in [3.8, 4) is 5.75 Å². The number of carbonyl (C=O) groups excluding carboxylic acids is 2. The number of nitrogens with one attached hydrogen (secondary N) is 2. The summed E-state index contributed by atoms with van der Waals surface area (Å²) in [7, 11) is 1.82. The maximum atomic E-state index is 12.0. The molecule has 7 heteroatoms. The molecule has 122 valence electrons. The highest BCUT2D eigenvalue weighted by molar-refractivity contribution is 5.93. The molecule has 0 fully saturated rings. The predicted molar refractivity (Wildman–Crippen MR) is 87.6 cm³/mol. The van der Waals surface area contributed by atoms with E-state index in [9.17, 15) is 9.59 Å². The van der Waals surface area contributed by atoms with Crippen LogP contribution in [0.25, 0.3) is 0 Å². The molecule has 2 rings (SSSR count). The van der Waals surface area contributed by atoms with Crippen LogP contribution >= 0.6 is 0 Å². The molecule has 0 radical (unpaired) electrons. The zero-order valence-electron chi connectivity index (χ0n) is 13.6. The van der Waals surface area contributed by atoms with Crippen LogP contribution in [-0.2, 0) is 16.6 Å². The van der Waals surface area contributed by atoms with Crippen LogP contribution in [0.15, 0.2) is 24.3 Å². The van der Waals surface area contributed by atoms with Crippen LogP contribution in [0, 0.1) is 13.8 Å². The molecule has 0 unspecified atom stereocenters. The van der Waals surface area contributed by atoms with Gasteiger partial charge in [-0.25, -0.2) is 0 Å². The number of hydrogen-bond acceptors (Lipinski definition) is 4. The van der Waals surface area contributed by atoms with Gasteiger partial charge in [-0.3, -0.25) is 14.3 Å². The minimum Gasteiger partial charge on any atom is -0.484 e. The van der Waals surface area contributed by atoms with E-state index in [0.29, 0.717) is 17.1 Å². The second kappa shape index (κ2) is 6.95. The van der Waals surface area contributed by atoms with Gasteiger partial charge in [0.2, 0.25) is 5.91 Å². The topological polar surface area (TPSA) is 85.2 Å². The summed E-state index contributed by atoms with van der Waals surface area (Å²) in [5, 5.41) is 9.71. The fourth-order valence-corrected chi connectivity index (χ4v) is 2.12. The smallest absolute Gasteiger partial charge is 0.262 e. The van der Waals surface area contributed by atoms with Gasteiger partial charge in [-0.05, 0) is 38.1 Å². The second-order valence-corrected chi connectivity index (χ2v) is 5.21. The Kier molecular flexibility index (Phi) is 5.00. The summed E-state index contributed by atoms with van der Waals surface area (Å²) in [6, 6.07) is 6.81. The summed E-state index contributed by atoms with van der Waals surface area (Å²) in [6.45, 7) is 5.06. The molecule has 0 atom stereocenters. The van der Waals surface area contributed by atoms with Crippen LogP contribution in [0.5, 0.6) is 5.75 Å². The Bertz CT molecular complexity index is 720. The lowest BCUT2D eigenvalue weighted by atomic mass is 10.3. The molecule has 2 N–H and O–H groups in total. The third-order valence-electron chi connectivity index (χ3n) is 3.32. The highest BCUT2D eigenvalue weighted by atomic mass is 16.5. The van der Waals surface area contributed by atoms with E-state index >= 15 is 0 Å². The van der Waals surface area contributed by atoms with E-state index in [1.807, 2.05) is 20.9 Å². The summed E-state index contributed by atoms with van der Waals surface area (Å²) in [4.78, 5) is 22.9. The first-order valence-corrected chi connectivity index (χ1v) is 7.17. The van der Waals surface area contributed by atoms with Crippen molar-refractivity contribution in [3.63, 3.8) is 0 Å². The van der Waals surface area contributed by atoms with Gasteiger partial charge < -0.3 is 15.4 Å². The lowest BCUT2D eigenvalue weighted by Gasteiger charge is -2.09. The fraction of sp³-hybridized carbons (Fsp3) is 0.312. The van der Waals surface area contributed by atoms with E-state index in [4.69, 9.17) is 4.74 Å². The molecule has 0 aliphatic carbocycles. The first kappa shape index (κ1) is 16.5. The van der Waals surface area contributed by atoms with Crippen molar-refractivity contribution in [2.24, 2.45) is 7.05 Å². The van der Waals surface area contributed by atoms with Gasteiger partial charge in [-0.2, -0.15) is 5.10 Å². The van der Waals surface area contributed by atoms with Crippen LogP contribution in [0.2, 0.25) is 0 Å². The number of hydrogen-bond donors (Lipinski definition) is 2. The number of carbonyl (C=O) groups is 2. The van der Waals surface area contributed by atoms with Crippen molar-refractivity contribution in [3.05, 3.63) is 35.7 Å². The average molecular weight is 316 g/mol. The highest BCUT2D eigenvalue weighted by Crippen LogP contribution is 2.19. The van der Waals surface area contributed by atoms with E-state index in [-0.39, 0.29) is 18.4 Å².